The van der Waals surface area contributed by atoms with Crippen LogP contribution in [0, 0.1) is 18.6 Å². The molecule has 1 atom stereocenters. The average molecular weight is 415 g/mol. The number of nitrogens with zero attached hydrogens (tertiary/aromatic N) is 2. The third-order valence-corrected chi connectivity index (χ3v) is 4.35. The fourth-order valence-corrected chi connectivity index (χ4v) is 3.13. The lowest BCUT2D eigenvalue weighted by Crippen LogP contribution is -2.37. The molecule has 0 saturated carbocycles. The number of halogens is 2. The molecule has 158 valence electrons. The number of aryl methyl sites for hydroxylation is 1. The third-order valence-electron chi connectivity index (χ3n) is 4.35. The summed E-state index contributed by atoms with van der Waals surface area (Å²) in [6.45, 7) is 8.58. The van der Waals surface area contributed by atoms with Gasteiger partial charge in [0.2, 0.25) is 0 Å². The molecule has 30 heavy (non-hydrogen) atoms. The number of ether oxygens (including phenoxy) is 1. The Morgan fingerprint density at radius 3 is 2.40 bits per heavy atom. The van der Waals surface area contributed by atoms with Crippen molar-refractivity contribution in [1.82, 2.24) is 14.9 Å². The van der Waals surface area contributed by atoms with Crippen LogP contribution in [0.1, 0.15) is 45.1 Å². The smallest absolute Gasteiger partial charge is 0.408 e. The summed E-state index contributed by atoms with van der Waals surface area (Å²) in [5, 5.41) is 2.93. The summed E-state index contributed by atoms with van der Waals surface area (Å²) in [5.41, 5.74) is -0.0399. The summed E-state index contributed by atoms with van der Waals surface area (Å²) in [6.07, 6.45) is -0.703. The normalized spacial score (nSPS) is 12.6. The second-order valence-corrected chi connectivity index (χ2v) is 8.08. The van der Waals surface area contributed by atoms with Gasteiger partial charge in [0, 0.05) is 6.07 Å². The first-order chi connectivity index (χ1) is 14.0. The highest BCUT2D eigenvalue weighted by atomic mass is 19.1. The van der Waals surface area contributed by atoms with Gasteiger partial charge in [0.15, 0.2) is 0 Å². The molecule has 1 aromatic heterocycles. The zero-order chi connectivity index (χ0) is 22.2. The molecule has 3 aromatic rings. The molecule has 0 saturated heterocycles. The van der Waals surface area contributed by atoms with Gasteiger partial charge in [0.1, 0.15) is 23.1 Å². The van der Waals surface area contributed by atoms with E-state index in [0.717, 1.165) is 28.3 Å². The monoisotopic (exact) mass is 415 g/mol. The molecule has 1 heterocycles. The first kappa shape index (κ1) is 21.4. The second-order valence-electron chi connectivity index (χ2n) is 8.08. The van der Waals surface area contributed by atoms with Crippen molar-refractivity contribution in [3.63, 3.8) is 0 Å². The fraction of sp³-hybridized carbons (Fsp3) is 0.318. The number of alkyl carbamates (subject to hydrolysis) is 1. The predicted octanol–water partition coefficient (Wildman–Crippen LogP) is 4.56. The summed E-state index contributed by atoms with van der Waals surface area (Å²) in [5.74, 6) is -1.54. The molecule has 8 heteroatoms. The number of carbonyl (C=O) groups is 1. The Kier molecular flexibility index (Phi) is 5.61. The second kappa shape index (κ2) is 7.85. The molecule has 6 nitrogen and oxygen atoms in total. The number of benzene rings is 2. The molecule has 0 bridgehead atoms. The molecule has 0 aliphatic rings. The van der Waals surface area contributed by atoms with Crippen LogP contribution < -0.4 is 10.9 Å². The van der Waals surface area contributed by atoms with Crippen molar-refractivity contribution in [2.24, 2.45) is 0 Å². The molecule has 0 aliphatic heterocycles. The van der Waals surface area contributed by atoms with Crippen LogP contribution in [0.2, 0.25) is 0 Å². The number of fused-ring (bicyclic) bond motifs is 1. The van der Waals surface area contributed by atoms with Crippen LogP contribution in [-0.2, 0) is 4.74 Å². The average Bonchev–Trinajstić information content (AvgIpc) is 2.59. The Bertz CT molecular complexity index is 1160. The van der Waals surface area contributed by atoms with E-state index in [4.69, 9.17) is 4.74 Å². The Morgan fingerprint density at radius 1 is 1.17 bits per heavy atom. The molecule has 3 rings (SSSR count). The highest BCUT2D eigenvalue weighted by Gasteiger charge is 2.23. The van der Waals surface area contributed by atoms with Gasteiger partial charge in [-0.1, -0.05) is 12.1 Å². The SMILES string of the molecule is Cc1cccc2c(=O)n(-c3cc(F)cc(F)c3)c(C(C)NC(=O)OC(C)(C)C)nc12. The van der Waals surface area contributed by atoms with E-state index in [-0.39, 0.29) is 11.5 Å². The molecule has 0 spiro atoms. The van der Waals surface area contributed by atoms with Crippen LogP contribution >= 0.6 is 0 Å². The van der Waals surface area contributed by atoms with Crippen LogP contribution in [0.15, 0.2) is 41.2 Å². The van der Waals surface area contributed by atoms with Gasteiger partial charge in [0.25, 0.3) is 5.56 Å². The molecule has 0 fully saturated rings. The van der Waals surface area contributed by atoms with Crippen molar-refractivity contribution >= 4 is 17.0 Å². The molecule has 0 aliphatic carbocycles. The van der Waals surface area contributed by atoms with Crippen LogP contribution in [0.5, 0.6) is 0 Å². The van der Waals surface area contributed by atoms with Crippen molar-refractivity contribution in [2.75, 3.05) is 0 Å². The molecule has 0 radical (unpaired) electrons. The maximum Gasteiger partial charge on any atom is 0.408 e. The van der Waals surface area contributed by atoms with E-state index >= 15 is 0 Å². The van der Waals surface area contributed by atoms with E-state index in [9.17, 15) is 18.4 Å². The van der Waals surface area contributed by atoms with Gasteiger partial charge in [-0.2, -0.15) is 0 Å². The van der Waals surface area contributed by atoms with Crippen molar-refractivity contribution < 1.29 is 18.3 Å². The number of nitrogens with one attached hydrogen (secondary N) is 1. The summed E-state index contributed by atoms with van der Waals surface area (Å²) < 4.78 is 34.2. The van der Waals surface area contributed by atoms with Gasteiger partial charge in [0.05, 0.1) is 22.6 Å². The number of amides is 1. The number of carbonyl (C=O) groups excluding carboxylic acids is 1. The van der Waals surface area contributed by atoms with E-state index < -0.39 is 34.9 Å². The van der Waals surface area contributed by atoms with Crippen LogP contribution in [0.3, 0.4) is 0 Å². The largest absolute Gasteiger partial charge is 0.444 e. The van der Waals surface area contributed by atoms with Gasteiger partial charge >= 0.3 is 6.09 Å². The Labute approximate surface area is 172 Å². The van der Waals surface area contributed by atoms with Crippen LogP contribution in [0.25, 0.3) is 16.6 Å². The topological polar surface area (TPSA) is 73.2 Å². The number of para-hydroxylation sites is 1. The van der Waals surface area contributed by atoms with Gasteiger partial charge in [-0.15, -0.1) is 0 Å². The number of hydrogen-bond donors (Lipinski definition) is 1. The van der Waals surface area contributed by atoms with E-state index in [1.54, 1.807) is 52.8 Å². The maximum atomic E-state index is 13.9. The van der Waals surface area contributed by atoms with E-state index in [0.29, 0.717) is 10.9 Å². The van der Waals surface area contributed by atoms with Gasteiger partial charge in [-0.05, 0) is 58.4 Å². The van der Waals surface area contributed by atoms with Crippen molar-refractivity contribution in [3.05, 3.63) is 69.8 Å². The maximum absolute atomic E-state index is 13.9. The molecule has 1 unspecified atom stereocenters. The highest BCUT2D eigenvalue weighted by Crippen LogP contribution is 2.21. The zero-order valence-electron chi connectivity index (χ0n) is 17.4. The minimum absolute atomic E-state index is 0.0266. The van der Waals surface area contributed by atoms with Gasteiger partial charge in [-0.25, -0.2) is 18.6 Å². The Morgan fingerprint density at radius 2 is 1.80 bits per heavy atom. The quantitative estimate of drug-likeness (QED) is 0.681. The Balaban J connectivity index is 2.22. The molecular weight excluding hydrogens is 392 g/mol. The first-order valence-electron chi connectivity index (χ1n) is 9.44. The molecule has 2 aromatic carbocycles. The summed E-state index contributed by atoms with van der Waals surface area (Å²) in [4.78, 5) is 30.1. The third kappa shape index (κ3) is 4.48. The van der Waals surface area contributed by atoms with Crippen LogP contribution in [0.4, 0.5) is 13.6 Å². The standard InChI is InChI=1S/C22H23F2N3O3/c1-12-7-6-8-17-18(12)26-19(13(2)25-21(29)30-22(3,4)5)27(20(17)28)16-10-14(23)9-15(24)11-16/h6-11,13H,1-5H3,(H,25,29). The molecule has 1 N–H and O–H groups in total. The zero-order valence-corrected chi connectivity index (χ0v) is 17.4. The van der Waals surface area contributed by atoms with E-state index in [1.807, 2.05) is 0 Å². The summed E-state index contributed by atoms with van der Waals surface area (Å²) in [6, 6.07) is 7.11. The fourth-order valence-electron chi connectivity index (χ4n) is 3.13. The van der Waals surface area contributed by atoms with Crippen molar-refractivity contribution in [3.8, 4) is 5.69 Å². The minimum atomic E-state index is -0.833. The lowest BCUT2D eigenvalue weighted by atomic mass is 10.1. The van der Waals surface area contributed by atoms with Crippen molar-refractivity contribution in [2.45, 2.75) is 46.3 Å². The highest BCUT2D eigenvalue weighted by molar-refractivity contribution is 5.81. The van der Waals surface area contributed by atoms with E-state index in [1.165, 1.54) is 0 Å². The number of hydrogen-bond acceptors (Lipinski definition) is 4. The van der Waals surface area contributed by atoms with Gasteiger partial charge in [-0.3, -0.25) is 9.36 Å². The Hall–Kier alpha value is -3.29. The molecule has 1 amide bonds. The van der Waals surface area contributed by atoms with Gasteiger partial charge < -0.3 is 10.1 Å². The predicted molar refractivity (Wildman–Crippen MR) is 110 cm³/mol. The minimum Gasteiger partial charge on any atom is -0.444 e. The van der Waals surface area contributed by atoms with E-state index in [2.05, 4.69) is 10.3 Å². The van der Waals surface area contributed by atoms with Crippen LogP contribution in [-0.4, -0.2) is 21.2 Å². The first-order valence-corrected chi connectivity index (χ1v) is 9.44. The lowest BCUT2D eigenvalue weighted by molar-refractivity contribution is 0.0505. The number of rotatable bonds is 3. The van der Waals surface area contributed by atoms with Crippen molar-refractivity contribution in [1.29, 1.82) is 0 Å². The summed E-state index contributed by atoms with van der Waals surface area (Å²) >= 11 is 0. The lowest BCUT2D eigenvalue weighted by Gasteiger charge is -2.23. The number of aromatic nitrogens is 2. The molecular formula is C22H23F2N3O3. The summed E-state index contributed by atoms with van der Waals surface area (Å²) in [7, 11) is 0.